The predicted octanol–water partition coefficient (Wildman–Crippen LogP) is 11.6. The van der Waals surface area contributed by atoms with Crippen LogP contribution in [0.5, 0.6) is 0 Å². The smallest absolute Gasteiger partial charge is 0.238 e. The van der Waals surface area contributed by atoms with Gasteiger partial charge in [0.1, 0.15) is 0 Å². The summed E-state index contributed by atoms with van der Waals surface area (Å²) in [6.45, 7) is 0. The number of benzene rings is 7. The van der Waals surface area contributed by atoms with Crippen molar-refractivity contribution in [2.75, 3.05) is 0 Å². The van der Waals surface area contributed by atoms with Crippen LogP contribution in [-0.2, 0) is 0 Å². The summed E-state index contributed by atoms with van der Waals surface area (Å²) in [6.07, 6.45) is 0. The largest absolute Gasteiger partial charge is 0.309 e. The summed E-state index contributed by atoms with van der Waals surface area (Å²) in [7, 11) is 0. The van der Waals surface area contributed by atoms with Crippen LogP contribution in [0.15, 0.2) is 186 Å². The Balaban J connectivity index is 1.10. The van der Waals surface area contributed by atoms with Crippen LogP contribution >= 0.6 is 11.8 Å². The maximum Gasteiger partial charge on any atom is 0.238 e. The third-order valence-electron chi connectivity index (χ3n) is 9.43. The second-order valence-corrected chi connectivity index (χ2v) is 13.7. The molecule has 0 saturated carbocycles. The first-order valence-electron chi connectivity index (χ1n) is 17.0. The molecular formula is C45H29N5S. The fourth-order valence-electron chi connectivity index (χ4n) is 7.14. The van der Waals surface area contributed by atoms with Crippen LogP contribution in [0.3, 0.4) is 0 Å². The molecule has 5 nitrogen and oxygen atoms in total. The van der Waals surface area contributed by atoms with Gasteiger partial charge in [-0.3, -0.25) is 4.57 Å². The Hall–Kier alpha value is -6.50. The fraction of sp³-hybridized carbons (Fsp3) is 0. The van der Waals surface area contributed by atoms with Gasteiger partial charge in [0.25, 0.3) is 0 Å². The first-order valence-corrected chi connectivity index (χ1v) is 17.8. The molecule has 0 fully saturated rings. The number of nitrogens with zero attached hydrogens (tertiary/aromatic N) is 5. The van der Waals surface area contributed by atoms with Gasteiger partial charge in [-0.2, -0.15) is 9.97 Å². The van der Waals surface area contributed by atoms with E-state index in [1.165, 1.54) is 31.6 Å². The van der Waals surface area contributed by atoms with Crippen molar-refractivity contribution in [3.63, 3.8) is 0 Å². The predicted molar refractivity (Wildman–Crippen MR) is 210 cm³/mol. The highest BCUT2D eigenvalue weighted by atomic mass is 32.2. The normalized spacial score (nSPS) is 11.6. The van der Waals surface area contributed by atoms with Crippen molar-refractivity contribution in [3.05, 3.63) is 176 Å². The third-order valence-corrected chi connectivity index (χ3v) is 10.4. The zero-order valence-electron chi connectivity index (χ0n) is 27.4. The van der Waals surface area contributed by atoms with E-state index in [2.05, 4.69) is 124 Å². The lowest BCUT2D eigenvalue weighted by atomic mass is 10.1. The molecule has 0 aliphatic rings. The van der Waals surface area contributed by atoms with Gasteiger partial charge in [-0.15, -0.1) is 0 Å². The molecule has 0 N–H and O–H groups in total. The maximum absolute atomic E-state index is 5.07. The third kappa shape index (κ3) is 5.07. The number of hydrogen-bond acceptors (Lipinski definition) is 4. The molecule has 0 saturated heterocycles. The fourth-order valence-corrected chi connectivity index (χ4v) is 8.03. The summed E-state index contributed by atoms with van der Waals surface area (Å²) in [6, 6.07) is 61.5. The van der Waals surface area contributed by atoms with E-state index in [1.54, 1.807) is 11.8 Å². The first kappa shape index (κ1) is 29.4. The minimum Gasteiger partial charge on any atom is -0.309 e. The molecule has 0 radical (unpaired) electrons. The standard InChI is InChI=1S/C45H29N5S/c1-4-14-30(15-5-1)43-46-44(31-16-6-2-7-17-31)48-45(47-43)50-40-23-13-11-21-36(40)38-29-34(25-27-42(38)50)51-33-24-26-41-37(28-33)35-20-10-12-22-39(35)49(41)32-18-8-3-9-19-32/h1-29H. The second kappa shape index (κ2) is 12.1. The van der Waals surface area contributed by atoms with E-state index >= 15 is 0 Å². The molecule has 0 bridgehead atoms. The molecule has 6 heteroatoms. The second-order valence-electron chi connectivity index (χ2n) is 12.5. The lowest BCUT2D eigenvalue weighted by Gasteiger charge is -2.11. The van der Waals surface area contributed by atoms with Gasteiger partial charge in [-0.1, -0.05) is 127 Å². The van der Waals surface area contributed by atoms with Crippen molar-refractivity contribution in [2.45, 2.75) is 9.79 Å². The summed E-state index contributed by atoms with van der Waals surface area (Å²) in [5.74, 6) is 1.87. The number of fused-ring (bicyclic) bond motifs is 6. The van der Waals surface area contributed by atoms with E-state index in [0.29, 0.717) is 17.6 Å². The van der Waals surface area contributed by atoms with Gasteiger partial charge in [0.05, 0.1) is 22.1 Å². The molecule has 0 amide bonds. The average Bonchev–Trinajstić information content (AvgIpc) is 3.71. The minimum absolute atomic E-state index is 0.592. The molecule has 10 rings (SSSR count). The molecule has 0 spiro atoms. The summed E-state index contributed by atoms with van der Waals surface area (Å²) in [5, 5.41) is 4.80. The molecule has 3 aromatic heterocycles. The van der Waals surface area contributed by atoms with Crippen LogP contribution in [0.1, 0.15) is 0 Å². The molecular weight excluding hydrogens is 643 g/mol. The van der Waals surface area contributed by atoms with Gasteiger partial charge in [-0.25, -0.2) is 4.98 Å². The molecule has 0 atom stereocenters. The summed E-state index contributed by atoms with van der Waals surface area (Å²) in [5.41, 5.74) is 7.56. The van der Waals surface area contributed by atoms with Gasteiger partial charge in [0.2, 0.25) is 5.95 Å². The number of hydrogen-bond donors (Lipinski definition) is 0. The van der Waals surface area contributed by atoms with E-state index in [4.69, 9.17) is 15.0 Å². The van der Waals surface area contributed by atoms with E-state index in [0.717, 1.165) is 38.6 Å². The number of rotatable bonds is 6. The van der Waals surface area contributed by atoms with Crippen LogP contribution in [0.2, 0.25) is 0 Å². The van der Waals surface area contributed by atoms with E-state index in [1.807, 2.05) is 60.7 Å². The van der Waals surface area contributed by atoms with E-state index < -0.39 is 0 Å². The minimum atomic E-state index is 0.592. The molecule has 51 heavy (non-hydrogen) atoms. The molecule has 0 unspecified atom stereocenters. The Morgan fingerprint density at radius 2 is 0.784 bits per heavy atom. The van der Waals surface area contributed by atoms with Crippen molar-refractivity contribution in [3.8, 4) is 34.4 Å². The lowest BCUT2D eigenvalue weighted by Crippen LogP contribution is -2.06. The van der Waals surface area contributed by atoms with Crippen molar-refractivity contribution >= 4 is 55.4 Å². The maximum atomic E-state index is 5.07. The first-order chi connectivity index (χ1) is 25.3. The highest BCUT2D eigenvalue weighted by molar-refractivity contribution is 7.99. The molecule has 7 aromatic carbocycles. The average molecular weight is 672 g/mol. The monoisotopic (exact) mass is 671 g/mol. The lowest BCUT2D eigenvalue weighted by molar-refractivity contribution is 0.953. The van der Waals surface area contributed by atoms with Gasteiger partial charge in [-0.05, 0) is 60.7 Å². The van der Waals surface area contributed by atoms with Crippen LogP contribution in [0.4, 0.5) is 0 Å². The van der Waals surface area contributed by atoms with Crippen molar-refractivity contribution < 1.29 is 0 Å². The van der Waals surface area contributed by atoms with Gasteiger partial charge < -0.3 is 4.57 Å². The number of aromatic nitrogens is 5. The van der Waals surface area contributed by atoms with Crippen LogP contribution in [-0.4, -0.2) is 24.1 Å². The Bertz CT molecular complexity index is 2820. The topological polar surface area (TPSA) is 48.5 Å². The van der Waals surface area contributed by atoms with Crippen molar-refractivity contribution in [2.24, 2.45) is 0 Å². The summed E-state index contributed by atoms with van der Waals surface area (Å²) >= 11 is 1.78. The van der Waals surface area contributed by atoms with Crippen molar-refractivity contribution in [1.29, 1.82) is 0 Å². The van der Waals surface area contributed by atoms with Crippen molar-refractivity contribution in [1.82, 2.24) is 24.1 Å². The van der Waals surface area contributed by atoms with Crippen LogP contribution in [0, 0.1) is 0 Å². The number of para-hydroxylation sites is 3. The summed E-state index contributed by atoms with van der Waals surface area (Å²) < 4.78 is 4.53. The Morgan fingerprint density at radius 1 is 0.353 bits per heavy atom. The van der Waals surface area contributed by atoms with Gasteiger partial charge in [0.15, 0.2) is 11.6 Å². The molecule has 3 heterocycles. The van der Waals surface area contributed by atoms with Gasteiger partial charge >= 0.3 is 0 Å². The van der Waals surface area contributed by atoms with Crippen LogP contribution in [0.25, 0.3) is 78.0 Å². The highest BCUT2D eigenvalue weighted by Gasteiger charge is 2.19. The Kier molecular flexibility index (Phi) is 6.99. The molecule has 0 aliphatic heterocycles. The Morgan fingerprint density at radius 3 is 1.33 bits per heavy atom. The van der Waals surface area contributed by atoms with Crippen LogP contribution < -0.4 is 0 Å². The Labute approximate surface area is 298 Å². The quantitative estimate of drug-likeness (QED) is 0.177. The van der Waals surface area contributed by atoms with E-state index in [9.17, 15) is 0 Å². The van der Waals surface area contributed by atoms with E-state index in [-0.39, 0.29) is 0 Å². The zero-order valence-corrected chi connectivity index (χ0v) is 28.2. The summed E-state index contributed by atoms with van der Waals surface area (Å²) in [4.78, 5) is 17.4. The molecule has 0 aliphatic carbocycles. The highest BCUT2D eigenvalue weighted by Crippen LogP contribution is 2.39. The van der Waals surface area contributed by atoms with Gasteiger partial charge in [0, 0.05) is 48.2 Å². The molecule has 240 valence electrons. The molecule has 10 aromatic rings. The zero-order chi connectivity index (χ0) is 33.7. The SMILES string of the molecule is c1ccc(-c2nc(-c3ccccc3)nc(-n3c4ccccc4c4cc(Sc5ccc6c(c5)c5ccccc5n6-c5ccccc5)ccc43)n2)cc1.